The van der Waals surface area contributed by atoms with Crippen LogP contribution >= 0.6 is 0 Å². The third kappa shape index (κ3) is 3.24. The molecule has 0 unspecified atom stereocenters. The number of nitrogens with one attached hydrogen (secondary N) is 1. The fourth-order valence-corrected chi connectivity index (χ4v) is 4.96. The Balaban J connectivity index is 2.32. The van der Waals surface area contributed by atoms with Gasteiger partial charge in [-0.2, -0.15) is 0 Å². The van der Waals surface area contributed by atoms with E-state index >= 15 is 0 Å². The first-order valence-electron chi connectivity index (χ1n) is 7.52. The van der Waals surface area contributed by atoms with Gasteiger partial charge in [0.15, 0.2) is 0 Å². The highest BCUT2D eigenvalue weighted by atomic mass is 32.2. The second-order valence-electron chi connectivity index (χ2n) is 6.70. The standard InChI is InChI=1S/C16H26N2O2S/c1-11-9-14(17)13(3)15(12(11)2)21(19,20)18-10-16(4)7-5-6-8-16/h9,18H,5-8,10,17H2,1-4H3. The first-order chi connectivity index (χ1) is 9.66. The quantitative estimate of drug-likeness (QED) is 0.840. The summed E-state index contributed by atoms with van der Waals surface area (Å²) in [4.78, 5) is 0.349. The maximum absolute atomic E-state index is 12.7. The zero-order chi connectivity index (χ0) is 15.8. The van der Waals surface area contributed by atoms with E-state index in [1.165, 1.54) is 12.8 Å². The van der Waals surface area contributed by atoms with Crippen LogP contribution in [0.15, 0.2) is 11.0 Å². The van der Waals surface area contributed by atoms with Crippen molar-refractivity contribution in [3.8, 4) is 0 Å². The Morgan fingerprint density at radius 1 is 1.19 bits per heavy atom. The number of hydrogen-bond donors (Lipinski definition) is 2. The number of sulfonamides is 1. The Bertz CT molecular complexity index is 618. The van der Waals surface area contributed by atoms with Crippen molar-refractivity contribution >= 4 is 15.7 Å². The Morgan fingerprint density at radius 3 is 2.33 bits per heavy atom. The van der Waals surface area contributed by atoms with Gasteiger partial charge in [0.1, 0.15) is 0 Å². The molecule has 0 heterocycles. The van der Waals surface area contributed by atoms with Crippen molar-refractivity contribution in [1.82, 2.24) is 4.72 Å². The first kappa shape index (κ1) is 16.3. The van der Waals surface area contributed by atoms with Crippen molar-refractivity contribution in [2.75, 3.05) is 12.3 Å². The average molecular weight is 310 g/mol. The number of nitrogens with two attached hydrogens (primary N) is 1. The number of benzene rings is 1. The zero-order valence-electron chi connectivity index (χ0n) is 13.4. The van der Waals surface area contributed by atoms with E-state index in [1.54, 1.807) is 6.92 Å². The fraction of sp³-hybridized carbons (Fsp3) is 0.625. The molecule has 1 saturated carbocycles. The maximum atomic E-state index is 12.7. The molecule has 0 spiro atoms. The van der Waals surface area contributed by atoms with E-state index in [0.29, 0.717) is 22.7 Å². The minimum absolute atomic E-state index is 0.0875. The van der Waals surface area contributed by atoms with Crippen molar-refractivity contribution < 1.29 is 8.42 Å². The minimum atomic E-state index is -3.52. The molecule has 0 saturated heterocycles. The lowest BCUT2D eigenvalue weighted by molar-refractivity contribution is 0.336. The van der Waals surface area contributed by atoms with Crippen LogP contribution in [0.25, 0.3) is 0 Å². The summed E-state index contributed by atoms with van der Waals surface area (Å²) in [6.45, 7) is 8.17. The molecule has 0 bridgehead atoms. The van der Waals surface area contributed by atoms with E-state index < -0.39 is 10.0 Å². The predicted molar refractivity (Wildman–Crippen MR) is 86.8 cm³/mol. The smallest absolute Gasteiger partial charge is 0.241 e. The topological polar surface area (TPSA) is 72.2 Å². The largest absolute Gasteiger partial charge is 0.398 e. The van der Waals surface area contributed by atoms with Gasteiger partial charge in [0, 0.05) is 12.2 Å². The van der Waals surface area contributed by atoms with Crippen molar-refractivity contribution in [2.24, 2.45) is 5.41 Å². The molecule has 1 aliphatic rings. The second-order valence-corrected chi connectivity index (χ2v) is 8.41. The highest BCUT2D eigenvalue weighted by Crippen LogP contribution is 2.37. The lowest BCUT2D eigenvalue weighted by Crippen LogP contribution is -2.35. The number of rotatable bonds is 4. The molecule has 4 nitrogen and oxygen atoms in total. The van der Waals surface area contributed by atoms with Gasteiger partial charge in [-0.25, -0.2) is 13.1 Å². The van der Waals surface area contributed by atoms with Crippen LogP contribution in [0.2, 0.25) is 0 Å². The van der Waals surface area contributed by atoms with Crippen LogP contribution in [0.5, 0.6) is 0 Å². The molecule has 0 aliphatic heterocycles. The first-order valence-corrected chi connectivity index (χ1v) is 9.00. The van der Waals surface area contributed by atoms with Crippen LogP contribution < -0.4 is 10.5 Å². The molecule has 5 heteroatoms. The molecule has 21 heavy (non-hydrogen) atoms. The zero-order valence-corrected chi connectivity index (χ0v) is 14.2. The molecule has 1 aromatic rings. The van der Waals surface area contributed by atoms with Gasteiger partial charge >= 0.3 is 0 Å². The molecule has 0 aromatic heterocycles. The number of anilines is 1. The molecule has 0 radical (unpaired) electrons. The second kappa shape index (κ2) is 5.61. The monoisotopic (exact) mass is 310 g/mol. The maximum Gasteiger partial charge on any atom is 0.241 e. The van der Waals surface area contributed by atoms with E-state index in [1.807, 2.05) is 19.9 Å². The van der Waals surface area contributed by atoms with Crippen LogP contribution in [0, 0.1) is 26.2 Å². The minimum Gasteiger partial charge on any atom is -0.398 e. The van der Waals surface area contributed by atoms with Crippen LogP contribution in [0.1, 0.15) is 49.3 Å². The molecule has 1 aliphatic carbocycles. The Kier molecular flexibility index (Phi) is 4.36. The van der Waals surface area contributed by atoms with Crippen LogP contribution in [-0.2, 0) is 10.0 Å². The Hall–Kier alpha value is -1.07. The predicted octanol–water partition coefficient (Wildman–Crippen LogP) is 3.05. The summed E-state index contributed by atoms with van der Waals surface area (Å²) in [5, 5.41) is 0. The van der Waals surface area contributed by atoms with Gasteiger partial charge in [-0.3, -0.25) is 0 Å². The van der Waals surface area contributed by atoms with Crippen LogP contribution in [0.3, 0.4) is 0 Å². The van der Waals surface area contributed by atoms with Crippen molar-refractivity contribution in [1.29, 1.82) is 0 Å². The highest BCUT2D eigenvalue weighted by molar-refractivity contribution is 7.89. The van der Waals surface area contributed by atoms with E-state index in [9.17, 15) is 8.42 Å². The third-order valence-corrected chi connectivity index (χ3v) is 6.52. The molecule has 2 rings (SSSR count). The summed E-state index contributed by atoms with van der Waals surface area (Å²) in [6.07, 6.45) is 4.55. The number of hydrogen-bond acceptors (Lipinski definition) is 3. The van der Waals surface area contributed by atoms with E-state index in [-0.39, 0.29) is 5.41 Å². The van der Waals surface area contributed by atoms with E-state index in [0.717, 1.165) is 24.0 Å². The van der Waals surface area contributed by atoms with Gasteiger partial charge in [-0.05, 0) is 61.8 Å². The number of aryl methyl sites for hydroxylation is 1. The van der Waals surface area contributed by atoms with E-state index in [2.05, 4.69) is 11.6 Å². The Morgan fingerprint density at radius 2 is 1.76 bits per heavy atom. The van der Waals surface area contributed by atoms with E-state index in [4.69, 9.17) is 5.73 Å². The van der Waals surface area contributed by atoms with Gasteiger partial charge in [-0.1, -0.05) is 19.8 Å². The van der Waals surface area contributed by atoms with Gasteiger partial charge in [0.05, 0.1) is 4.90 Å². The summed E-state index contributed by atoms with van der Waals surface area (Å²) < 4.78 is 28.2. The Labute approximate surface area is 128 Å². The SMILES string of the molecule is Cc1cc(N)c(C)c(S(=O)(=O)NCC2(C)CCCC2)c1C. The van der Waals surface area contributed by atoms with Crippen LogP contribution in [-0.4, -0.2) is 15.0 Å². The molecule has 1 aromatic carbocycles. The number of nitrogen functional groups attached to an aromatic ring is 1. The van der Waals surface area contributed by atoms with Gasteiger partial charge in [0.25, 0.3) is 0 Å². The summed E-state index contributed by atoms with van der Waals surface area (Å²) >= 11 is 0. The molecule has 1 fully saturated rings. The average Bonchev–Trinajstić information content (AvgIpc) is 2.82. The van der Waals surface area contributed by atoms with Gasteiger partial charge in [-0.15, -0.1) is 0 Å². The summed E-state index contributed by atoms with van der Waals surface area (Å²) in [6, 6.07) is 1.84. The summed E-state index contributed by atoms with van der Waals surface area (Å²) in [7, 11) is -3.52. The van der Waals surface area contributed by atoms with Crippen molar-refractivity contribution in [2.45, 2.75) is 58.3 Å². The molecular formula is C16H26N2O2S. The van der Waals surface area contributed by atoms with Gasteiger partial charge in [0.2, 0.25) is 10.0 Å². The molecule has 3 N–H and O–H groups in total. The van der Waals surface area contributed by atoms with Crippen molar-refractivity contribution in [3.63, 3.8) is 0 Å². The van der Waals surface area contributed by atoms with Gasteiger partial charge < -0.3 is 5.73 Å². The van der Waals surface area contributed by atoms with Crippen LogP contribution in [0.4, 0.5) is 5.69 Å². The fourth-order valence-electron chi connectivity index (χ4n) is 3.19. The van der Waals surface area contributed by atoms with Crippen molar-refractivity contribution in [3.05, 3.63) is 22.8 Å². The summed E-state index contributed by atoms with van der Waals surface area (Å²) in [5.41, 5.74) is 8.89. The normalized spacial score (nSPS) is 18.1. The summed E-state index contributed by atoms with van der Waals surface area (Å²) in [5.74, 6) is 0. The lowest BCUT2D eigenvalue weighted by Gasteiger charge is -2.24. The molecule has 0 amide bonds. The molecular weight excluding hydrogens is 284 g/mol. The third-order valence-electron chi connectivity index (χ3n) is 4.85. The highest BCUT2D eigenvalue weighted by Gasteiger charge is 2.31. The lowest BCUT2D eigenvalue weighted by atomic mass is 9.89. The molecule has 118 valence electrons. The molecule has 0 atom stereocenters.